The molecule has 5 nitrogen and oxygen atoms in total. The Bertz CT molecular complexity index is 713. The van der Waals surface area contributed by atoms with E-state index in [4.69, 9.17) is 14.2 Å². The molecule has 1 aromatic carbocycles. The molecule has 0 aliphatic carbocycles. The van der Waals surface area contributed by atoms with Gasteiger partial charge in [0.1, 0.15) is 0 Å². The average molecular weight is 347 g/mol. The number of thiophene rings is 1. The number of rotatable bonds is 6. The van der Waals surface area contributed by atoms with Gasteiger partial charge in [-0.25, -0.2) is 0 Å². The number of benzene rings is 1. The molecule has 0 bridgehead atoms. The van der Waals surface area contributed by atoms with Crippen LogP contribution in [0.15, 0.2) is 30.3 Å². The number of para-hydroxylation sites is 1. The van der Waals surface area contributed by atoms with Gasteiger partial charge in [-0.15, -0.1) is 11.3 Å². The Kier molecular flexibility index (Phi) is 5.37. The first-order valence-corrected chi connectivity index (χ1v) is 8.67. The summed E-state index contributed by atoms with van der Waals surface area (Å²) in [6, 6.07) is 9.67. The molecule has 2 heterocycles. The van der Waals surface area contributed by atoms with Gasteiger partial charge >= 0.3 is 0 Å². The Morgan fingerprint density at radius 2 is 2.21 bits per heavy atom. The third-order valence-corrected chi connectivity index (χ3v) is 5.03. The summed E-state index contributed by atoms with van der Waals surface area (Å²) in [6.45, 7) is 1.70. The Balaban J connectivity index is 1.56. The van der Waals surface area contributed by atoms with Gasteiger partial charge in [-0.2, -0.15) is 0 Å². The van der Waals surface area contributed by atoms with Crippen molar-refractivity contribution in [1.82, 2.24) is 5.32 Å². The highest BCUT2D eigenvalue weighted by Crippen LogP contribution is 2.35. The van der Waals surface area contributed by atoms with Crippen LogP contribution in [0.25, 0.3) is 0 Å². The summed E-state index contributed by atoms with van der Waals surface area (Å²) in [4.78, 5) is 14.0. The van der Waals surface area contributed by atoms with Crippen molar-refractivity contribution in [1.29, 1.82) is 0 Å². The SMILES string of the molecule is COCc1ccc(C(=O)NCC2COc3c(cccc3OC)C2)s1. The van der Waals surface area contributed by atoms with Crippen molar-refractivity contribution in [2.24, 2.45) is 5.92 Å². The smallest absolute Gasteiger partial charge is 0.261 e. The van der Waals surface area contributed by atoms with E-state index in [0.717, 1.165) is 28.4 Å². The van der Waals surface area contributed by atoms with Crippen LogP contribution in [0.1, 0.15) is 20.1 Å². The molecule has 0 radical (unpaired) electrons. The number of ether oxygens (including phenoxy) is 3. The molecular weight excluding hydrogens is 326 g/mol. The van der Waals surface area contributed by atoms with E-state index in [1.54, 1.807) is 14.2 Å². The van der Waals surface area contributed by atoms with Crippen LogP contribution in [0.3, 0.4) is 0 Å². The van der Waals surface area contributed by atoms with E-state index in [1.807, 2.05) is 30.3 Å². The van der Waals surface area contributed by atoms with E-state index in [1.165, 1.54) is 11.3 Å². The van der Waals surface area contributed by atoms with Gasteiger partial charge < -0.3 is 19.5 Å². The second-order valence-electron chi connectivity index (χ2n) is 5.74. The van der Waals surface area contributed by atoms with Crippen LogP contribution in [0.5, 0.6) is 11.5 Å². The fourth-order valence-corrected chi connectivity index (χ4v) is 3.69. The number of methoxy groups -OCH3 is 2. The molecule has 3 rings (SSSR count). The number of carbonyl (C=O) groups is 1. The highest BCUT2D eigenvalue weighted by atomic mass is 32.1. The minimum atomic E-state index is -0.0428. The first-order chi connectivity index (χ1) is 11.7. The highest BCUT2D eigenvalue weighted by Gasteiger charge is 2.23. The summed E-state index contributed by atoms with van der Waals surface area (Å²) < 4.78 is 16.2. The van der Waals surface area contributed by atoms with Crippen molar-refractivity contribution in [3.05, 3.63) is 45.6 Å². The van der Waals surface area contributed by atoms with Crippen LogP contribution in [0.4, 0.5) is 0 Å². The van der Waals surface area contributed by atoms with Gasteiger partial charge in [0.2, 0.25) is 0 Å². The zero-order valence-corrected chi connectivity index (χ0v) is 14.7. The lowest BCUT2D eigenvalue weighted by atomic mass is 9.96. The van der Waals surface area contributed by atoms with Gasteiger partial charge in [0.15, 0.2) is 11.5 Å². The molecule has 6 heteroatoms. The summed E-state index contributed by atoms with van der Waals surface area (Å²) in [5.41, 5.74) is 1.12. The zero-order valence-electron chi connectivity index (χ0n) is 13.8. The monoisotopic (exact) mass is 347 g/mol. The van der Waals surface area contributed by atoms with E-state index in [2.05, 4.69) is 5.32 Å². The van der Waals surface area contributed by atoms with Crippen molar-refractivity contribution in [2.45, 2.75) is 13.0 Å². The normalized spacial score (nSPS) is 16.2. The molecule has 1 aliphatic heterocycles. The minimum Gasteiger partial charge on any atom is -0.493 e. The second kappa shape index (κ2) is 7.68. The average Bonchev–Trinajstić information content (AvgIpc) is 3.08. The van der Waals surface area contributed by atoms with Crippen LogP contribution < -0.4 is 14.8 Å². The van der Waals surface area contributed by atoms with Crippen molar-refractivity contribution >= 4 is 17.2 Å². The van der Waals surface area contributed by atoms with Crippen molar-refractivity contribution in [2.75, 3.05) is 27.4 Å². The number of nitrogens with one attached hydrogen (secondary N) is 1. The summed E-state index contributed by atoms with van der Waals surface area (Å²) >= 11 is 1.46. The van der Waals surface area contributed by atoms with E-state index >= 15 is 0 Å². The van der Waals surface area contributed by atoms with Crippen LogP contribution in [-0.4, -0.2) is 33.3 Å². The van der Waals surface area contributed by atoms with E-state index in [9.17, 15) is 4.79 Å². The van der Waals surface area contributed by atoms with Gasteiger partial charge in [-0.1, -0.05) is 12.1 Å². The molecule has 0 saturated carbocycles. The first kappa shape index (κ1) is 16.8. The topological polar surface area (TPSA) is 56.8 Å². The number of hydrogen-bond acceptors (Lipinski definition) is 5. The third kappa shape index (κ3) is 3.71. The van der Waals surface area contributed by atoms with E-state index in [-0.39, 0.29) is 11.8 Å². The summed E-state index contributed by atoms with van der Waals surface area (Å²) in [5.74, 6) is 1.80. The number of fused-ring (bicyclic) bond motifs is 1. The Hall–Kier alpha value is -2.05. The van der Waals surface area contributed by atoms with Crippen molar-refractivity contribution in [3.63, 3.8) is 0 Å². The molecular formula is C18H21NO4S. The largest absolute Gasteiger partial charge is 0.493 e. The summed E-state index contributed by atoms with van der Waals surface area (Å²) in [6.07, 6.45) is 0.867. The predicted molar refractivity (Wildman–Crippen MR) is 93.0 cm³/mol. The maximum Gasteiger partial charge on any atom is 0.261 e. The molecule has 2 aromatic rings. The zero-order chi connectivity index (χ0) is 16.9. The molecule has 1 N–H and O–H groups in total. The van der Waals surface area contributed by atoms with Gasteiger partial charge in [-0.05, 0) is 30.2 Å². The standard InChI is InChI=1S/C18H21NO4S/c1-21-11-14-6-7-16(24-14)18(20)19-9-12-8-13-4-3-5-15(22-2)17(13)23-10-12/h3-7,12H,8-11H2,1-2H3,(H,19,20). The Labute approximate surface area is 145 Å². The van der Waals surface area contributed by atoms with Gasteiger partial charge in [0.05, 0.1) is 25.2 Å². The second-order valence-corrected chi connectivity index (χ2v) is 6.91. The number of amides is 1. The summed E-state index contributed by atoms with van der Waals surface area (Å²) in [5, 5.41) is 3.00. The Morgan fingerprint density at radius 3 is 3.00 bits per heavy atom. The van der Waals surface area contributed by atoms with E-state index < -0.39 is 0 Å². The van der Waals surface area contributed by atoms with Crippen molar-refractivity contribution in [3.8, 4) is 11.5 Å². The lowest BCUT2D eigenvalue weighted by Gasteiger charge is -2.26. The predicted octanol–water partition coefficient (Wildman–Crippen LogP) is 2.88. The molecule has 128 valence electrons. The molecule has 0 saturated heterocycles. The molecule has 0 fully saturated rings. The maximum atomic E-state index is 12.2. The molecule has 1 amide bonds. The highest BCUT2D eigenvalue weighted by molar-refractivity contribution is 7.14. The van der Waals surface area contributed by atoms with Crippen LogP contribution in [0.2, 0.25) is 0 Å². The molecule has 1 unspecified atom stereocenters. The molecule has 1 atom stereocenters. The fourth-order valence-electron chi connectivity index (χ4n) is 2.79. The lowest BCUT2D eigenvalue weighted by molar-refractivity contribution is 0.0942. The molecule has 1 aromatic heterocycles. The van der Waals surface area contributed by atoms with Crippen molar-refractivity contribution < 1.29 is 19.0 Å². The van der Waals surface area contributed by atoms with Gasteiger partial charge in [0, 0.05) is 24.4 Å². The molecule has 0 spiro atoms. The van der Waals surface area contributed by atoms with Crippen LogP contribution in [0, 0.1) is 5.92 Å². The quantitative estimate of drug-likeness (QED) is 0.873. The van der Waals surface area contributed by atoms with Crippen LogP contribution in [-0.2, 0) is 17.8 Å². The Morgan fingerprint density at radius 1 is 1.33 bits per heavy atom. The van der Waals surface area contributed by atoms with Gasteiger partial charge in [-0.3, -0.25) is 4.79 Å². The lowest BCUT2D eigenvalue weighted by Crippen LogP contribution is -2.34. The maximum absolute atomic E-state index is 12.2. The van der Waals surface area contributed by atoms with Gasteiger partial charge in [0.25, 0.3) is 5.91 Å². The fraction of sp³-hybridized carbons (Fsp3) is 0.389. The number of hydrogen-bond donors (Lipinski definition) is 1. The molecule has 1 aliphatic rings. The third-order valence-electron chi connectivity index (χ3n) is 3.98. The molecule has 24 heavy (non-hydrogen) atoms. The minimum absolute atomic E-state index is 0.0428. The van der Waals surface area contributed by atoms with Crippen LogP contribution >= 0.6 is 11.3 Å². The number of carbonyl (C=O) groups excluding carboxylic acids is 1. The first-order valence-electron chi connectivity index (χ1n) is 7.85. The van der Waals surface area contributed by atoms with E-state index in [0.29, 0.717) is 24.6 Å². The summed E-state index contributed by atoms with van der Waals surface area (Å²) in [7, 11) is 3.29.